The molecule has 1 aliphatic rings. The van der Waals surface area contributed by atoms with Crippen LogP contribution in [0, 0.1) is 0 Å². The number of phenolic OH excluding ortho intramolecular Hbond substituents is 2. The molecule has 1 heterocycles. The van der Waals surface area contributed by atoms with Crippen LogP contribution in [0.3, 0.4) is 0 Å². The van der Waals surface area contributed by atoms with Crippen molar-refractivity contribution in [1.82, 2.24) is 0 Å². The Morgan fingerprint density at radius 3 is 2.23 bits per heavy atom. The molecule has 7 nitrogen and oxygen atoms in total. The maximum atomic E-state index is 13.0. The van der Waals surface area contributed by atoms with E-state index in [9.17, 15) is 19.8 Å². The summed E-state index contributed by atoms with van der Waals surface area (Å²) in [4.78, 5) is 25.2. The normalized spacial score (nSPS) is 15.0. The Labute approximate surface area is 178 Å². The lowest BCUT2D eigenvalue weighted by Crippen LogP contribution is -2.22. The van der Waals surface area contributed by atoms with Crippen molar-refractivity contribution >= 4 is 11.8 Å². The van der Waals surface area contributed by atoms with Gasteiger partial charge in [0.1, 0.15) is 11.5 Å². The Morgan fingerprint density at radius 2 is 1.61 bits per heavy atom. The molecule has 4 rings (SSSR count). The van der Waals surface area contributed by atoms with E-state index in [0.717, 1.165) is 0 Å². The van der Waals surface area contributed by atoms with Gasteiger partial charge in [0.05, 0.1) is 26.2 Å². The molecule has 0 radical (unpaired) electrons. The molecule has 0 fully saturated rings. The van der Waals surface area contributed by atoms with Gasteiger partial charge in [-0.3, -0.25) is 9.59 Å². The molecule has 2 N–H and O–H groups in total. The fraction of sp³-hybridized carbons (Fsp3) is 0.167. The van der Waals surface area contributed by atoms with Gasteiger partial charge in [0.15, 0.2) is 17.3 Å². The molecule has 0 saturated heterocycles. The fourth-order valence-electron chi connectivity index (χ4n) is 3.78. The van der Waals surface area contributed by atoms with Gasteiger partial charge in [-0.05, 0) is 29.8 Å². The Kier molecular flexibility index (Phi) is 5.25. The number of phenols is 2. The highest BCUT2D eigenvalue weighted by atomic mass is 16.5. The summed E-state index contributed by atoms with van der Waals surface area (Å²) in [5, 5.41) is 21.3. The Bertz CT molecular complexity index is 1140. The second-order valence-corrected chi connectivity index (χ2v) is 7.07. The van der Waals surface area contributed by atoms with Crippen LogP contribution >= 0.6 is 0 Å². The quantitative estimate of drug-likeness (QED) is 0.368. The van der Waals surface area contributed by atoms with Gasteiger partial charge in [-0.2, -0.15) is 0 Å². The third kappa shape index (κ3) is 3.54. The monoisotopic (exact) mass is 420 g/mol. The Morgan fingerprint density at radius 1 is 0.968 bits per heavy atom. The van der Waals surface area contributed by atoms with Crippen LogP contribution in [-0.4, -0.2) is 36.2 Å². The van der Waals surface area contributed by atoms with Crippen molar-refractivity contribution < 1.29 is 34.0 Å². The molecule has 0 aliphatic carbocycles. The minimum absolute atomic E-state index is 0.0688. The zero-order valence-corrected chi connectivity index (χ0v) is 16.9. The minimum atomic E-state index is -0.636. The number of benzene rings is 3. The Hall–Kier alpha value is -4.00. The lowest BCUT2D eigenvalue weighted by atomic mass is 9.83. The van der Waals surface area contributed by atoms with Crippen molar-refractivity contribution in [2.75, 3.05) is 14.2 Å². The van der Waals surface area contributed by atoms with Gasteiger partial charge in [0, 0.05) is 17.0 Å². The summed E-state index contributed by atoms with van der Waals surface area (Å²) in [6.45, 7) is 0. The summed E-state index contributed by atoms with van der Waals surface area (Å²) >= 11 is 0. The van der Waals surface area contributed by atoms with Crippen molar-refractivity contribution in [3.8, 4) is 28.7 Å². The van der Waals surface area contributed by atoms with E-state index in [1.165, 1.54) is 26.4 Å². The molecule has 1 atom stereocenters. The van der Waals surface area contributed by atoms with Crippen LogP contribution in [0.4, 0.5) is 0 Å². The first-order valence-corrected chi connectivity index (χ1v) is 9.55. The highest BCUT2D eigenvalue weighted by molar-refractivity contribution is 6.11. The lowest BCUT2D eigenvalue weighted by molar-refractivity contribution is -0.135. The third-order valence-corrected chi connectivity index (χ3v) is 5.31. The number of carbonyl (C=O) groups excluding carboxylic acids is 2. The summed E-state index contributed by atoms with van der Waals surface area (Å²) in [5.41, 5.74) is 1.40. The second-order valence-electron chi connectivity index (χ2n) is 7.07. The summed E-state index contributed by atoms with van der Waals surface area (Å²) in [5.74, 6) is -1.41. The van der Waals surface area contributed by atoms with Crippen LogP contribution in [0.25, 0.3) is 0 Å². The van der Waals surface area contributed by atoms with E-state index in [-0.39, 0.29) is 46.5 Å². The first-order valence-electron chi connectivity index (χ1n) is 9.55. The molecule has 0 saturated carbocycles. The molecular formula is C24H20O7. The number of aromatic hydroxyl groups is 2. The topological polar surface area (TPSA) is 102 Å². The average molecular weight is 420 g/mol. The fourth-order valence-corrected chi connectivity index (χ4v) is 3.78. The van der Waals surface area contributed by atoms with Gasteiger partial charge in [-0.1, -0.05) is 30.3 Å². The number of fused-ring (bicyclic) bond motifs is 1. The van der Waals surface area contributed by atoms with Crippen LogP contribution in [0.5, 0.6) is 28.7 Å². The second kappa shape index (κ2) is 8.02. The molecule has 7 heteroatoms. The molecule has 0 spiro atoms. The van der Waals surface area contributed by atoms with Crippen molar-refractivity contribution in [2.24, 2.45) is 0 Å². The van der Waals surface area contributed by atoms with Gasteiger partial charge in [0.25, 0.3) is 0 Å². The Balaban J connectivity index is 1.88. The summed E-state index contributed by atoms with van der Waals surface area (Å²) < 4.78 is 15.8. The van der Waals surface area contributed by atoms with E-state index in [1.807, 2.05) is 0 Å². The number of ketones is 1. The first-order chi connectivity index (χ1) is 14.9. The van der Waals surface area contributed by atoms with Crippen molar-refractivity contribution in [1.29, 1.82) is 0 Å². The highest BCUT2D eigenvalue weighted by Crippen LogP contribution is 2.48. The first kappa shape index (κ1) is 20.3. The summed E-state index contributed by atoms with van der Waals surface area (Å²) in [7, 11) is 2.80. The van der Waals surface area contributed by atoms with Crippen molar-refractivity contribution in [3.05, 3.63) is 76.9 Å². The smallest absolute Gasteiger partial charge is 0.312 e. The molecule has 1 unspecified atom stereocenters. The standard InChI is InChI=1S/C24H20O7/c1-29-18-10-14(11-19(30-2)24(18)28)16-12-20(25)31-17-9-8-15(23(27)21(16)17)22(26)13-6-4-3-5-7-13/h3-11,16,27-28H,12H2,1-2H3. The molecule has 158 valence electrons. The largest absolute Gasteiger partial charge is 0.507 e. The predicted molar refractivity (Wildman–Crippen MR) is 111 cm³/mol. The van der Waals surface area contributed by atoms with Gasteiger partial charge >= 0.3 is 5.97 Å². The number of hydrogen-bond donors (Lipinski definition) is 2. The maximum absolute atomic E-state index is 13.0. The molecule has 0 aromatic heterocycles. The van der Waals surface area contributed by atoms with Gasteiger partial charge in [0.2, 0.25) is 5.75 Å². The number of carbonyl (C=O) groups is 2. The van der Waals surface area contributed by atoms with E-state index >= 15 is 0 Å². The number of hydrogen-bond acceptors (Lipinski definition) is 7. The molecule has 3 aromatic carbocycles. The van der Waals surface area contributed by atoms with Crippen LogP contribution in [-0.2, 0) is 4.79 Å². The van der Waals surface area contributed by atoms with E-state index in [4.69, 9.17) is 14.2 Å². The van der Waals surface area contributed by atoms with Crippen LogP contribution in [0.15, 0.2) is 54.6 Å². The molecule has 31 heavy (non-hydrogen) atoms. The van der Waals surface area contributed by atoms with Crippen molar-refractivity contribution in [3.63, 3.8) is 0 Å². The molecule has 0 amide bonds. The van der Waals surface area contributed by atoms with Gasteiger partial charge in [-0.25, -0.2) is 0 Å². The van der Waals surface area contributed by atoms with Crippen LogP contribution in [0.1, 0.15) is 39.4 Å². The van der Waals surface area contributed by atoms with Crippen LogP contribution < -0.4 is 14.2 Å². The zero-order chi connectivity index (χ0) is 22.1. The SMILES string of the molecule is COc1cc(C2CC(=O)Oc3ccc(C(=O)c4ccccc4)c(O)c32)cc(OC)c1O. The highest BCUT2D eigenvalue weighted by Gasteiger charge is 2.34. The van der Waals surface area contributed by atoms with E-state index in [2.05, 4.69) is 0 Å². The summed E-state index contributed by atoms with van der Waals surface area (Å²) in [6.07, 6.45) is -0.0688. The maximum Gasteiger partial charge on any atom is 0.312 e. The minimum Gasteiger partial charge on any atom is -0.507 e. The molecule has 0 bridgehead atoms. The van der Waals surface area contributed by atoms with Crippen molar-refractivity contribution in [2.45, 2.75) is 12.3 Å². The van der Waals surface area contributed by atoms with E-state index < -0.39 is 11.9 Å². The molecule has 1 aliphatic heterocycles. The predicted octanol–water partition coefficient (Wildman–Crippen LogP) is 3.79. The average Bonchev–Trinajstić information content (AvgIpc) is 2.79. The number of esters is 1. The third-order valence-electron chi connectivity index (χ3n) is 5.31. The number of rotatable bonds is 5. The van der Waals surface area contributed by atoms with Crippen LogP contribution in [0.2, 0.25) is 0 Å². The van der Waals surface area contributed by atoms with Gasteiger partial charge in [-0.15, -0.1) is 0 Å². The number of methoxy groups -OCH3 is 2. The van der Waals surface area contributed by atoms with E-state index in [1.54, 1.807) is 42.5 Å². The summed E-state index contributed by atoms with van der Waals surface area (Å²) in [6, 6.07) is 14.7. The lowest BCUT2D eigenvalue weighted by Gasteiger charge is -2.27. The number of ether oxygens (including phenoxy) is 3. The molecular weight excluding hydrogens is 400 g/mol. The van der Waals surface area contributed by atoms with E-state index in [0.29, 0.717) is 16.7 Å². The zero-order valence-electron chi connectivity index (χ0n) is 16.9. The molecule has 3 aromatic rings. The van der Waals surface area contributed by atoms with Gasteiger partial charge < -0.3 is 24.4 Å².